The van der Waals surface area contributed by atoms with Gasteiger partial charge in [0.25, 0.3) is 0 Å². The van der Waals surface area contributed by atoms with E-state index >= 15 is 0 Å². The van der Waals surface area contributed by atoms with Crippen LogP contribution in [0.1, 0.15) is 12.5 Å². The fraction of sp³-hybridized carbons (Fsp3) is 0.235. The molecule has 0 saturated heterocycles. The maximum Gasteiger partial charge on any atom is 0.193 e. The lowest BCUT2D eigenvalue weighted by Crippen LogP contribution is -2.24. The standard InChI is InChI=1S/C17H20FN3O2S/c1-2-13-7-9-14(10-8-13)21-17(19)20-11-12-24(22,23)16-6-4-3-5-15(16)18/h3-10H,2,11-12H2,1H3,(H3,19,20,21). The molecule has 5 nitrogen and oxygen atoms in total. The van der Waals surface area contributed by atoms with E-state index in [0.717, 1.165) is 18.2 Å². The van der Waals surface area contributed by atoms with Gasteiger partial charge in [0, 0.05) is 5.69 Å². The number of aliphatic imine (C=N–C) groups is 1. The molecule has 0 amide bonds. The number of nitrogens with two attached hydrogens (primary N) is 1. The van der Waals surface area contributed by atoms with Crippen LogP contribution in [-0.4, -0.2) is 26.7 Å². The number of nitrogens with zero attached hydrogens (tertiary/aromatic N) is 1. The zero-order valence-electron chi connectivity index (χ0n) is 13.4. The van der Waals surface area contributed by atoms with Crippen molar-refractivity contribution in [1.29, 1.82) is 0 Å². The Labute approximate surface area is 141 Å². The summed E-state index contributed by atoms with van der Waals surface area (Å²) in [6.07, 6.45) is 0.942. The van der Waals surface area contributed by atoms with Gasteiger partial charge in [0.2, 0.25) is 0 Å². The molecule has 128 valence electrons. The second-order valence-corrected chi connectivity index (χ2v) is 7.27. The topological polar surface area (TPSA) is 84.5 Å². The van der Waals surface area contributed by atoms with Crippen LogP contribution in [0.4, 0.5) is 10.1 Å². The van der Waals surface area contributed by atoms with Gasteiger partial charge in [-0.1, -0.05) is 31.2 Å². The minimum atomic E-state index is -3.73. The highest BCUT2D eigenvalue weighted by Gasteiger charge is 2.18. The fourth-order valence-electron chi connectivity index (χ4n) is 2.10. The Morgan fingerprint density at radius 3 is 2.46 bits per heavy atom. The predicted octanol–water partition coefficient (Wildman–Crippen LogP) is 2.59. The van der Waals surface area contributed by atoms with E-state index in [4.69, 9.17) is 5.73 Å². The van der Waals surface area contributed by atoms with Crippen molar-refractivity contribution in [2.24, 2.45) is 10.7 Å². The molecule has 2 rings (SSSR count). The molecule has 0 aliphatic heterocycles. The third-order valence-electron chi connectivity index (χ3n) is 3.45. The Morgan fingerprint density at radius 2 is 1.83 bits per heavy atom. The van der Waals surface area contributed by atoms with Gasteiger partial charge in [0.15, 0.2) is 15.8 Å². The lowest BCUT2D eigenvalue weighted by atomic mass is 10.1. The van der Waals surface area contributed by atoms with E-state index in [1.807, 2.05) is 24.3 Å². The highest BCUT2D eigenvalue weighted by Crippen LogP contribution is 2.15. The molecule has 0 aliphatic carbocycles. The van der Waals surface area contributed by atoms with Crippen LogP contribution in [0.3, 0.4) is 0 Å². The molecular weight excluding hydrogens is 329 g/mol. The number of hydrogen-bond donors (Lipinski definition) is 2. The zero-order chi connectivity index (χ0) is 17.6. The Balaban J connectivity index is 1.96. The van der Waals surface area contributed by atoms with E-state index < -0.39 is 15.7 Å². The first-order valence-corrected chi connectivity index (χ1v) is 9.21. The molecular formula is C17H20FN3O2S. The first kappa shape index (κ1) is 17.9. The number of halogens is 1. The summed E-state index contributed by atoms with van der Waals surface area (Å²) >= 11 is 0. The maximum atomic E-state index is 13.6. The van der Waals surface area contributed by atoms with E-state index in [1.165, 1.54) is 23.8 Å². The Bertz CT molecular complexity index is 818. The molecule has 0 bridgehead atoms. The minimum Gasteiger partial charge on any atom is -0.370 e. The number of anilines is 1. The fourth-order valence-corrected chi connectivity index (χ4v) is 3.31. The van der Waals surface area contributed by atoms with Crippen molar-refractivity contribution in [3.63, 3.8) is 0 Å². The molecule has 2 aromatic rings. The minimum absolute atomic E-state index is 0.0530. The second-order valence-electron chi connectivity index (χ2n) is 5.19. The Kier molecular flexibility index (Phi) is 5.92. The third-order valence-corrected chi connectivity index (χ3v) is 5.17. The summed E-state index contributed by atoms with van der Waals surface area (Å²) in [5.74, 6) is -0.961. The van der Waals surface area contributed by atoms with Crippen LogP contribution in [0.2, 0.25) is 0 Å². The average molecular weight is 349 g/mol. The van der Waals surface area contributed by atoms with Gasteiger partial charge in [-0.2, -0.15) is 0 Å². The van der Waals surface area contributed by atoms with Crippen LogP contribution in [0.15, 0.2) is 58.4 Å². The molecule has 0 radical (unpaired) electrons. The van der Waals surface area contributed by atoms with Crippen LogP contribution in [0, 0.1) is 5.82 Å². The van der Waals surface area contributed by atoms with Gasteiger partial charge in [-0.05, 0) is 36.2 Å². The van der Waals surface area contributed by atoms with E-state index in [9.17, 15) is 12.8 Å². The number of rotatable bonds is 6. The van der Waals surface area contributed by atoms with Crippen molar-refractivity contribution < 1.29 is 12.8 Å². The van der Waals surface area contributed by atoms with Crippen molar-refractivity contribution in [3.05, 3.63) is 59.9 Å². The summed E-state index contributed by atoms with van der Waals surface area (Å²) < 4.78 is 37.8. The van der Waals surface area contributed by atoms with Gasteiger partial charge >= 0.3 is 0 Å². The Morgan fingerprint density at radius 1 is 1.17 bits per heavy atom. The molecule has 7 heteroatoms. The van der Waals surface area contributed by atoms with Crippen LogP contribution >= 0.6 is 0 Å². The summed E-state index contributed by atoms with van der Waals surface area (Å²) in [5, 5.41) is 2.89. The number of aryl methyl sites for hydroxylation is 1. The average Bonchev–Trinajstić information content (AvgIpc) is 2.55. The first-order valence-electron chi connectivity index (χ1n) is 7.55. The quantitative estimate of drug-likeness (QED) is 0.620. The summed E-state index contributed by atoms with van der Waals surface area (Å²) in [4.78, 5) is 3.67. The van der Waals surface area contributed by atoms with Crippen LogP contribution < -0.4 is 11.1 Å². The van der Waals surface area contributed by atoms with Gasteiger partial charge in [0.05, 0.1) is 12.3 Å². The maximum absolute atomic E-state index is 13.6. The van der Waals surface area contributed by atoms with Gasteiger partial charge < -0.3 is 11.1 Å². The number of nitrogens with one attached hydrogen (secondary N) is 1. The first-order chi connectivity index (χ1) is 11.4. The van der Waals surface area contributed by atoms with Gasteiger partial charge in [-0.15, -0.1) is 0 Å². The zero-order valence-corrected chi connectivity index (χ0v) is 14.2. The summed E-state index contributed by atoms with van der Waals surface area (Å²) in [5.41, 5.74) is 7.71. The number of hydrogen-bond acceptors (Lipinski definition) is 3. The van der Waals surface area contributed by atoms with Crippen LogP contribution in [0.25, 0.3) is 0 Å². The lowest BCUT2D eigenvalue weighted by molar-refractivity contribution is 0.567. The predicted molar refractivity (Wildman–Crippen MR) is 94.4 cm³/mol. The number of sulfone groups is 1. The van der Waals surface area contributed by atoms with E-state index in [1.54, 1.807) is 0 Å². The molecule has 3 N–H and O–H groups in total. The molecule has 2 aromatic carbocycles. The molecule has 0 heterocycles. The molecule has 0 atom stereocenters. The van der Waals surface area contributed by atoms with E-state index in [0.29, 0.717) is 0 Å². The normalized spacial score (nSPS) is 12.2. The third kappa shape index (κ3) is 4.79. The van der Waals surface area contributed by atoms with Crippen molar-refractivity contribution in [1.82, 2.24) is 0 Å². The molecule has 0 saturated carbocycles. The molecule has 0 aliphatic rings. The monoisotopic (exact) mass is 349 g/mol. The number of benzene rings is 2. The Hall–Kier alpha value is -2.41. The highest BCUT2D eigenvalue weighted by molar-refractivity contribution is 7.91. The van der Waals surface area contributed by atoms with E-state index in [-0.39, 0.29) is 23.2 Å². The van der Waals surface area contributed by atoms with Crippen LogP contribution in [-0.2, 0) is 16.3 Å². The molecule has 24 heavy (non-hydrogen) atoms. The molecule has 0 aromatic heterocycles. The number of guanidine groups is 1. The lowest BCUT2D eigenvalue weighted by Gasteiger charge is -2.07. The van der Waals surface area contributed by atoms with E-state index in [2.05, 4.69) is 17.2 Å². The van der Waals surface area contributed by atoms with Crippen LogP contribution in [0.5, 0.6) is 0 Å². The highest BCUT2D eigenvalue weighted by atomic mass is 32.2. The largest absolute Gasteiger partial charge is 0.370 e. The summed E-state index contributed by atoms with van der Waals surface area (Å²) in [7, 11) is -3.73. The van der Waals surface area contributed by atoms with Gasteiger partial charge in [-0.25, -0.2) is 12.8 Å². The SMILES string of the molecule is CCc1ccc(NC(N)=NCCS(=O)(=O)c2ccccc2F)cc1. The van der Waals surface area contributed by atoms with Gasteiger partial charge in [0.1, 0.15) is 10.7 Å². The second kappa shape index (κ2) is 7.92. The van der Waals surface area contributed by atoms with Crippen molar-refractivity contribution in [2.75, 3.05) is 17.6 Å². The molecule has 0 spiro atoms. The smallest absolute Gasteiger partial charge is 0.193 e. The summed E-state index contributed by atoms with van der Waals surface area (Å²) in [6, 6.07) is 13.0. The summed E-state index contributed by atoms with van der Waals surface area (Å²) in [6.45, 7) is 2.01. The molecule has 0 unspecified atom stereocenters. The van der Waals surface area contributed by atoms with Gasteiger partial charge in [-0.3, -0.25) is 4.99 Å². The van der Waals surface area contributed by atoms with Crippen molar-refractivity contribution >= 4 is 21.5 Å². The van der Waals surface area contributed by atoms with Crippen molar-refractivity contribution in [3.8, 4) is 0 Å². The molecule has 0 fully saturated rings. The van der Waals surface area contributed by atoms with Crippen molar-refractivity contribution in [2.45, 2.75) is 18.2 Å².